The lowest BCUT2D eigenvalue weighted by Crippen LogP contribution is -2.46. The summed E-state index contributed by atoms with van der Waals surface area (Å²) in [6, 6.07) is 3.34. The van der Waals surface area contributed by atoms with E-state index in [4.69, 9.17) is 15.2 Å². The van der Waals surface area contributed by atoms with Crippen LogP contribution in [0.4, 0.5) is 4.39 Å². The average Bonchev–Trinajstić information content (AvgIpc) is 2.61. The molecule has 3 heterocycles. The fraction of sp³-hybridized carbons (Fsp3) is 0.500. The molecule has 0 bridgehead atoms. The normalized spacial score (nSPS) is 20.2. The molecule has 2 aromatic rings. The van der Waals surface area contributed by atoms with Crippen molar-refractivity contribution >= 4 is 11.0 Å². The summed E-state index contributed by atoms with van der Waals surface area (Å²) >= 11 is 0. The van der Waals surface area contributed by atoms with Crippen LogP contribution in [-0.2, 0) is 4.74 Å². The molecule has 2 aromatic heterocycles. The predicted molar refractivity (Wildman–Crippen MR) is 86.2 cm³/mol. The molecular weight excluding hydrogens is 315 g/mol. The van der Waals surface area contributed by atoms with Gasteiger partial charge in [-0.15, -0.1) is 0 Å². The zero-order valence-electron chi connectivity index (χ0n) is 13.5. The van der Waals surface area contributed by atoms with E-state index in [0.29, 0.717) is 43.2 Å². The van der Waals surface area contributed by atoms with Crippen molar-refractivity contribution in [2.75, 3.05) is 39.9 Å². The number of pyridine rings is 2. The van der Waals surface area contributed by atoms with Crippen LogP contribution in [-0.4, -0.2) is 66.0 Å². The second kappa shape index (κ2) is 7.35. The Bertz CT molecular complexity index is 715. The molecular formula is C16H21FN4O3. The van der Waals surface area contributed by atoms with Crippen molar-refractivity contribution in [3.63, 3.8) is 0 Å². The largest absolute Gasteiger partial charge is 0.481 e. The molecule has 0 aliphatic carbocycles. The van der Waals surface area contributed by atoms with Crippen molar-refractivity contribution in [3.8, 4) is 5.88 Å². The Morgan fingerprint density at radius 2 is 2.38 bits per heavy atom. The standard InChI is InChI=1S/C16H21FN4O3/c1-23-14-3-2-12-16(20-14)15(11(17)7-19-12)13(22)9-21-4-5-24-10(6-18)8-21/h2-3,7,10,13,22H,4-6,8-9,18H2,1H3/t10-,13?/m0/s1. The summed E-state index contributed by atoms with van der Waals surface area (Å²) in [6.45, 7) is 2.50. The maximum Gasteiger partial charge on any atom is 0.213 e. The lowest BCUT2D eigenvalue weighted by Gasteiger charge is -2.33. The number of nitrogens with zero attached hydrogens (tertiary/aromatic N) is 3. The predicted octanol–water partition coefficient (Wildman–Crippen LogP) is 0.470. The van der Waals surface area contributed by atoms with Gasteiger partial charge in [0.05, 0.1) is 37.6 Å². The van der Waals surface area contributed by atoms with E-state index >= 15 is 0 Å². The molecule has 1 unspecified atom stereocenters. The number of β-amino-alcohol motifs (C(OH)–C–C–N with tert-alkyl or cyclic N) is 1. The maximum absolute atomic E-state index is 14.3. The minimum absolute atomic E-state index is 0.0665. The van der Waals surface area contributed by atoms with Gasteiger partial charge in [0, 0.05) is 37.8 Å². The fourth-order valence-electron chi connectivity index (χ4n) is 2.90. The van der Waals surface area contributed by atoms with Crippen molar-refractivity contribution in [1.82, 2.24) is 14.9 Å². The third-order valence-electron chi connectivity index (χ3n) is 4.14. The van der Waals surface area contributed by atoms with Gasteiger partial charge >= 0.3 is 0 Å². The van der Waals surface area contributed by atoms with Crippen LogP contribution in [0.15, 0.2) is 18.3 Å². The van der Waals surface area contributed by atoms with Crippen LogP contribution in [0, 0.1) is 5.82 Å². The van der Waals surface area contributed by atoms with E-state index in [1.165, 1.54) is 7.11 Å². The molecule has 7 nitrogen and oxygen atoms in total. The first kappa shape index (κ1) is 17.0. The average molecular weight is 336 g/mol. The number of hydrogen-bond donors (Lipinski definition) is 2. The van der Waals surface area contributed by atoms with Crippen molar-refractivity contribution in [2.24, 2.45) is 5.73 Å². The second-order valence-corrected chi connectivity index (χ2v) is 5.75. The van der Waals surface area contributed by atoms with Gasteiger partial charge in [-0.3, -0.25) is 9.88 Å². The summed E-state index contributed by atoms with van der Waals surface area (Å²) in [5.41, 5.74) is 6.58. The van der Waals surface area contributed by atoms with E-state index in [2.05, 4.69) is 9.97 Å². The van der Waals surface area contributed by atoms with Crippen molar-refractivity contribution in [2.45, 2.75) is 12.2 Å². The number of aliphatic hydroxyl groups excluding tert-OH is 1. The Balaban J connectivity index is 1.88. The molecule has 130 valence electrons. The molecule has 3 N–H and O–H groups in total. The highest BCUT2D eigenvalue weighted by Gasteiger charge is 2.25. The molecule has 1 saturated heterocycles. The Labute approximate surface area is 139 Å². The topological polar surface area (TPSA) is 93.7 Å². The van der Waals surface area contributed by atoms with Crippen LogP contribution in [0.5, 0.6) is 5.88 Å². The van der Waals surface area contributed by atoms with Crippen LogP contribution in [0.1, 0.15) is 11.7 Å². The third kappa shape index (κ3) is 3.46. The summed E-state index contributed by atoms with van der Waals surface area (Å²) in [7, 11) is 1.48. The molecule has 1 aliphatic rings. The minimum Gasteiger partial charge on any atom is -0.481 e. The highest BCUT2D eigenvalue weighted by atomic mass is 19.1. The molecule has 3 rings (SSSR count). The molecule has 0 aromatic carbocycles. The van der Waals surface area contributed by atoms with E-state index in [0.717, 1.165) is 6.20 Å². The molecule has 0 radical (unpaired) electrons. The highest BCUT2D eigenvalue weighted by molar-refractivity contribution is 5.78. The van der Waals surface area contributed by atoms with E-state index < -0.39 is 11.9 Å². The zero-order chi connectivity index (χ0) is 17.1. The van der Waals surface area contributed by atoms with Crippen molar-refractivity contribution < 1.29 is 19.0 Å². The summed E-state index contributed by atoms with van der Waals surface area (Å²) in [5.74, 6) is -0.239. The lowest BCUT2D eigenvalue weighted by atomic mass is 10.1. The summed E-state index contributed by atoms with van der Waals surface area (Å²) in [6.07, 6.45) is 0.00617. The number of rotatable bonds is 5. The third-order valence-corrected chi connectivity index (χ3v) is 4.14. The molecule has 1 aliphatic heterocycles. The first-order chi connectivity index (χ1) is 11.6. The maximum atomic E-state index is 14.3. The van der Waals surface area contributed by atoms with Gasteiger partial charge in [0.15, 0.2) is 0 Å². The van der Waals surface area contributed by atoms with Crippen molar-refractivity contribution in [1.29, 1.82) is 0 Å². The highest BCUT2D eigenvalue weighted by Crippen LogP contribution is 2.27. The smallest absolute Gasteiger partial charge is 0.213 e. The van der Waals surface area contributed by atoms with Crippen LogP contribution in [0.3, 0.4) is 0 Å². The Hall–Kier alpha value is -1.87. The number of morpholine rings is 1. The number of aromatic nitrogens is 2. The molecule has 0 amide bonds. The Morgan fingerprint density at radius 3 is 3.12 bits per heavy atom. The zero-order valence-corrected chi connectivity index (χ0v) is 13.5. The molecule has 0 spiro atoms. The van der Waals surface area contributed by atoms with E-state index in [9.17, 15) is 9.50 Å². The summed E-state index contributed by atoms with van der Waals surface area (Å²) in [4.78, 5) is 10.3. The fourth-order valence-corrected chi connectivity index (χ4v) is 2.90. The van der Waals surface area contributed by atoms with E-state index in [-0.39, 0.29) is 18.2 Å². The van der Waals surface area contributed by atoms with Gasteiger partial charge in [-0.25, -0.2) is 9.37 Å². The van der Waals surface area contributed by atoms with Gasteiger partial charge in [-0.2, -0.15) is 0 Å². The van der Waals surface area contributed by atoms with Crippen LogP contribution in [0.25, 0.3) is 11.0 Å². The van der Waals surface area contributed by atoms with Gasteiger partial charge in [-0.05, 0) is 6.07 Å². The van der Waals surface area contributed by atoms with E-state index in [1.807, 2.05) is 4.90 Å². The van der Waals surface area contributed by atoms with E-state index in [1.54, 1.807) is 12.1 Å². The van der Waals surface area contributed by atoms with Gasteiger partial charge in [0.1, 0.15) is 11.3 Å². The van der Waals surface area contributed by atoms with Gasteiger partial charge < -0.3 is 20.3 Å². The number of methoxy groups -OCH3 is 1. The summed E-state index contributed by atoms with van der Waals surface area (Å²) < 4.78 is 24.9. The Kier molecular flexibility index (Phi) is 5.20. The molecule has 1 fully saturated rings. The SMILES string of the molecule is COc1ccc2ncc(F)c(C(O)CN3CCO[C@@H](CN)C3)c2n1. The molecule has 0 saturated carbocycles. The minimum atomic E-state index is -1.04. The molecule has 24 heavy (non-hydrogen) atoms. The quantitative estimate of drug-likeness (QED) is 0.820. The van der Waals surface area contributed by atoms with Crippen LogP contribution in [0.2, 0.25) is 0 Å². The molecule has 8 heteroatoms. The Morgan fingerprint density at radius 1 is 1.54 bits per heavy atom. The molecule has 2 atom stereocenters. The van der Waals surface area contributed by atoms with Crippen LogP contribution < -0.4 is 10.5 Å². The number of halogens is 1. The first-order valence-corrected chi connectivity index (χ1v) is 7.83. The number of ether oxygens (including phenoxy) is 2. The van der Waals surface area contributed by atoms with Crippen molar-refractivity contribution in [3.05, 3.63) is 29.7 Å². The van der Waals surface area contributed by atoms with Crippen LogP contribution >= 0.6 is 0 Å². The first-order valence-electron chi connectivity index (χ1n) is 7.83. The number of fused-ring (bicyclic) bond motifs is 1. The number of hydrogen-bond acceptors (Lipinski definition) is 7. The number of aliphatic hydroxyl groups is 1. The van der Waals surface area contributed by atoms with Gasteiger partial charge in [0.25, 0.3) is 0 Å². The summed E-state index contributed by atoms with van der Waals surface area (Å²) in [5, 5.41) is 10.6. The second-order valence-electron chi connectivity index (χ2n) is 5.75. The monoisotopic (exact) mass is 336 g/mol. The van der Waals surface area contributed by atoms with Gasteiger partial charge in [-0.1, -0.05) is 0 Å². The van der Waals surface area contributed by atoms with Gasteiger partial charge in [0.2, 0.25) is 5.88 Å². The lowest BCUT2D eigenvalue weighted by molar-refractivity contribution is -0.0362. The number of nitrogens with two attached hydrogens (primary N) is 1.